The van der Waals surface area contributed by atoms with Crippen molar-refractivity contribution >= 4 is 18.6 Å². The summed E-state index contributed by atoms with van der Waals surface area (Å²) in [6.07, 6.45) is 18.3. The van der Waals surface area contributed by atoms with Crippen LogP contribution in [0.5, 0.6) is 0 Å². The summed E-state index contributed by atoms with van der Waals surface area (Å²) < 4.78 is 0. The summed E-state index contributed by atoms with van der Waals surface area (Å²) in [5.41, 5.74) is 0.932. The van der Waals surface area contributed by atoms with Crippen molar-refractivity contribution in [3.63, 3.8) is 0 Å². The Labute approximate surface area is 155 Å². The SMILES string of the molecule is CC1(C)[C]2[CH][CH][CH][C]2C2CC1C2(C)C.[CH]1[CH][CH][CH][CH]1.[Cl][Ti][Cl]. The van der Waals surface area contributed by atoms with Gasteiger partial charge in [0.1, 0.15) is 0 Å². The quantitative estimate of drug-likeness (QED) is 0.468. The van der Waals surface area contributed by atoms with Crippen molar-refractivity contribution in [3.8, 4) is 0 Å². The molecular formula is C19H24Cl2Ti. The third-order valence-electron chi connectivity index (χ3n) is 5.61. The van der Waals surface area contributed by atoms with Gasteiger partial charge in [-0.3, -0.25) is 0 Å². The molecule has 2 bridgehead atoms. The molecule has 0 aromatic carbocycles. The first-order chi connectivity index (χ1) is 10.4. The minimum atomic E-state index is -0.556. The molecule has 2 atom stereocenters. The Balaban J connectivity index is 0.000000184. The molecule has 10 radical (unpaired) electrons. The fourth-order valence-corrected chi connectivity index (χ4v) is 4.51. The van der Waals surface area contributed by atoms with Gasteiger partial charge < -0.3 is 0 Å². The van der Waals surface area contributed by atoms with E-state index in [9.17, 15) is 0 Å². The Morgan fingerprint density at radius 1 is 0.909 bits per heavy atom. The summed E-state index contributed by atoms with van der Waals surface area (Å²) in [6.45, 7) is 9.74. The molecule has 118 valence electrons. The Morgan fingerprint density at radius 3 is 1.86 bits per heavy atom. The standard InChI is InChI=1S/C14H19.C5H5.2ClH.Ti/c1-13(2)10-7-5-6-9(10)11-8-12(13)14(11,3)4;1-2-4-5-3-1;;;/h5-7,11-12H,8H2,1-4H3;1-5H;2*1H;/q;;;;+2/p-2. The van der Waals surface area contributed by atoms with Gasteiger partial charge in [-0.1, -0.05) is 27.7 Å². The molecular weight excluding hydrogens is 347 g/mol. The Kier molecular flexibility index (Phi) is 7.24. The van der Waals surface area contributed by atoms with Crippen molar-refractivity contribution in [1.29, 1.82) is 0 Å². The van der Waals surface area contributed by atoms with Crippen molar-refractivity contribution in [2.45, 2.75) is 34.1 Å². The van der Waals surface area contributed by atoms with Gasteiger partial charge in [-0.15, -0.1) is 0 Å². The normalized spacial score (nSPS) is 34.5. The number of halogens is 2. The molecule has 0 nitrogen and oxygen atoms in total. The van der Waals surface area contributed by atoms with Crippen LogP contribution in [0.3, 0.4) is 0 Å². The van der Waals surface area contributed by atoms with E-state index in [-0.39, 0.29) is 0 Å². The van der Waals surface area contributed by atoms with Gasteiger partial charge in [0.2, 0.25) is 0 Å². The van der Waals surface area contributed by atoms with Crippen LogP contribution in [0.2, 0.25) is 0 Å². The van der Waals surface area contributed by atoms with E-state index in [2.05, 4.69) is 47.0 Å². The van der Waals surface area contributed by atoms with E-state index in [0.29, 0.717) is 10.8 Å². The van der Waals surface area contributed by atoms with Crippen LogP contribution in [0.1, 0.15) is 34.1 Å². The summed E-state index contributed by atoms with van der Waals surface area (Å²) in [7, 11) is 9.78. The molecule has 0 aliphatic heterocycles. The first-order valence-corrected chi connectivity index (χ1v) is 12.1. The Hall–Kier alpha value is 1.29. The third-order valence-corrected chi connectivity index (χ3v) is 5.61. The van der Waals surface area contributed by atoms with E-state index in [1.165, 1.54) is 6.42 Å². The zero-order chi connectivity index (χ0) is 16.4. The van der Waals surface area contributed by atoms with Gasteiger partial charge in [0, 0.05) is 0 Å². The monoisotopic (exact) mass is 370 g/mol. The third kappa shape index (κ3) is 3.76. The predicted molar refractivity (Wildman–Crippen MR) is 91.8 cm³/mol. The van der Waals surface area contributed by atoms with E-state index in [4.69, 9.17) is 18.6 Å². The van der Waals surface area contributed by atoms with Crippen LogP contribution >= 0.6 is 18.6 Å². The van der Waals surface area contributed by atoms with Crippen LogP contribution in [0.4, 0.5) is 0 Å². The second-order valence-electron chi connectivity index (χ2n) is 7.31. The summed E-state index contributed by atoms with van der Waals surface area (Å²) in [4.78, 5) is 0. The van der Waals surface area contributed by atoms with Gasteiger partial charge >= 0.3 is 35.6 Å². The summed E-state index contributed by atoms with van der Waals surface area (Å²) in [6, 6.07) is 0. The molecule has 0 heterocycles. The van der Waals surface area contributed by atoms with Gasteiger partial charge in [0.05, 0.1) is 0 Å². The molecule has 5 aliphatic rings. The van der Waals surface area contributed by atoms with Crippen LogP contribution in [-0.2, 0) is 17.0 Å². The second kappa shape index (κ2) is 8.12. The molecule has 3 heteroatoms. The van der Waals surface area contributed by atoms with E-state index < -0.39 is 17.0 Å². The molecule has 5 saturated carbocycles. The molecule has 0 N–H and O–H groups in total. The maximum atomic E-state index is 4.89. The second-order valence-corrected chi connectivity index (χ2v) is 9.89. The van der Waals surface area contributed by atoms with Crippen LogP contribution in [-0.4, -0.2) is 0 Å². The number of hydrogen-bond donors (Lipinski definition) is 0. The Morgan fingerprint density at radius 2 is 1.41 bits per heavy atom. The van der Waals surface area contributed by atoms with Crippen molar-refractivity contribution in [1.82, 2.24) is 0 Å². The van der Waals surface area contributed by atoms with Gasteiger partial charge in [-0.2, -0.15) is 0 Å². The van der Waals surface area contributed by atoms with Gasteiger partial charge in [-0.25, -0.2) is 0 Å². The zero-order valence-electron chi connectivity index (χ0n) is 13.7. The van der Waals surface area contributed by atoms with Crippen LogP contribution in [0, 0.1) is 85.9 Å². The minimum absolute atomic E-state index is 0.400. The van der Waals surface area contributed by atoms with Crippen LogP contribution in [0.15, 0.2) is 0 Å². The predicted octanol–water partition coefficient (Wildman–Crippen LogP) is 5.86. The molecule has 0 aromatic rings. The maximum absolute atomic E-state index is 4.89. The average Bonchev–Trinajstić information content (AvgIpc) is 3.12. The topological polar surface area (TPSA) is 0 Å². The fraction of sp³-hybridized carbons (Fsp3) is 0.474. The van der Waals surface area contributed by atoms with Crippen molar-refractivity contribution in [2.75, 3.05) is 0 Å². The van der Waals surface area contributed by atoms with Crippen molar-refractivity contribution in [3.05, 3.63) is 63.2 Å². The molecule has 5 fully saturated rings. The van der Waals surface area contributed by atoms with Crippen LogP contribution in [0.25, 0.3) is 0 Å². The average molecular weight is 371 g/mol. The molecule has 0 spiro atoms. The molecule has 0 aromatic heterocycles. The molecule has 22 heavy (non-hydrogen) atoms. The van der Waals surface area contributed by atoms with E-state index in [0.717, 1.165) is 11.8 Å². The molecule has 0 saturated heterocycles. The number of hydrogen-bond acceptors (Lipinski definition) is 0. The Bertz CT molecular complexity index is 338. The molecule has 5 aliphatic carbocycles. The van der Waals surface area contributed by atoms with E-state index in [1.54, 1.807) is 11.8 Å². The van der Waals surface area contributed by atoms with Gasteiger partial charge in [0.25, 0.3) is 0 Å². The first-order valence-electron chi connectivity index (χ1n) is 7.76. The summed E-state index contributed by atoms with van der Waals surface area (Å²) in [5.74, 6) is 4.99. The van der Waals surface area contributed by atoms with Gasteiger partial charge in [0.15, 0.2) is 0 Å². The first kappa shape index (κ1) is 19.6. The van der Waals surface area contributed by atoms with E-state index in [1.807, 2.05) is 32.1 Å². The summed E-state index contributed by atoms with van der Waals surface area (Å²) >= 11 is -0.556. The zero-order valence-corrected chi connectivity index (χ0v) is 16.8. The van der Waals surface area contributed by atoms with Gasteiger partial charge in [-0.05, 0) is 92.3 Å². The molecule has 5 rings (SSSR count). The van der Waals surface area contributed by atoms with Crippen molar-refractivity contribution in [2.24, 2.45) is 22.7 Å². The summed E-state index contributed by atoms with van der Waals surface area (Å²) in [5, 5.41) is 0. The molecule has 0 amide bonds. The van der Waals surface area contributed by atoms with E-state index >= 15 is 0 Å². The van der Waals surface area contributed by atoms with Crippen LogP contribution < -0.4 is 0 Å². The molecule has 2 unspecified atom stereocenters. The van der Waals surface area contributed by atoms with Crippen molar-refractivity contribution < 1.29 is 17.0 Å². The fourth-order valence-electron chi connectivity index (χ4n) is 4.51. The number of rotatable bonds is 0.